The largest absolute Gasteiger partial charge is 0.385 e. The van der Waals surface area contributed by atoms with Gasteiger partial charge in [-0.15, -0.1) is 0 Å². The highest BCUT2D eigenvalue weighted by molar-refractivity contribution is 7.91. The van der Waals surface area contributed by atoms with Gasteiger partial charge in [-0.3, -0.25) is 0 Å². The van der Waals surface area contributed by atoms with Crippen molar-refractivity contribution in [1.82, 2.24) is 5.32 Å². The maximum absolute atomic E-state index is 11.9. The van der Waals surface area contributed by atoms with Crippen LogP contribution in [0.5, 0.6) is 0 Å². The molecule has 1 saturated heterocycles. The smallest absolute Gasteiger partial charge is 0.178 e. The normalized spacial score (nSPS) is 17.1. The van der Waals surface area contributed by atoms with E-state index in [4.69, 9.17) is 0 Å². The average molecular weight is 296 g/mol. The molecule has 20 heavy (non-hydrogen) atoms. The van der Waals surface area contributed by atoms with Crippen LogP contribution >= 0.6 is 0 Å². The Morgan fingerprint density at radius 1 is 1.20 bits per heavy atom. The van der Waals surface area contributed by atoms with E-state index in [1.54, 1.807) is 12.1 Å². The Labute approximate surface area is 121 Å². The van der Waals surface area contributed by atoms with Crippen LogP contribution in [-0.2, 0) is 9.84 Å². The van der Waals surface area contributed by atoms with Crippen molar-refractivity contribution in [3.63, 3.8) is 0 Å². The predicted octanol–water partition coefficient (Wildman–Crippen LogP) is 2.28. The highest BCUT2D eigenvalue weighted by Gasteiger charge is 2.14. The van der Waals surface area contributed by atoms with Crippen molar-refractivity contribution in [2.45, 2.75) is 31.1 Å². The molecular formula is C15H24N2O2S. The summed E-state index contributed by atoms with van der Waals surface area (Å²) >= 11 is 0. The molecule has 0 unspecified atom stereocenters. The molecule has 0 atom stereocenters. The maximum Gasteiger partial charge on any atom is 0.178 e. The van der Waals surface area contributed by atoms with Crippen molar-refractivity contribution < 1.29 is 8.42 Å². The lowest BCUT2D eigenvalue weighted by Crippen LogP contribution is -2.31. The van der Waals surface area contributed by atoms with Gasteiger partial charge in [0.25, 0.3) is 0 Å². The summed E-state index contributed by atoms with van der Waals surface area (Å²) in [5, 5.41) is 6.76. The Morgan fingerprint density at radius 2 is 1.85 bits per heavy atom. The van der Waals surface area contributed by atoms with Crippen molar-refractivity contribution in [3.05, 3.63) is 24.3 Å². The summed E-state index contributed by atoms with van der Waals surface area (Å²) in [6, 6.07) is 7.14. The van der Waals surface area contributed by atoms with E-state index in [9.17, 15) is 8.42 Å². The molecule has 0 bridgehead atoms. The first-order valence-corrected chi connectivity index (χ1v) is 9.04. The topological polar surface area (TPSA) is 58.2 Å². The lowest BCUT2D eigenvalue weighted by Gasteiger charge is -2.23. The van der Waals surface area contributed by atoms with E-state index in [2.05, 4.69) is 10.6 Å². The quantitative estimate of drug-likeness (QED) is 0.845. The summed E-state index contributed by atoms with van der Waals surface area (Å²) in [5.41, 5.74) is 0.999. The summed E-state index contributed by atoms with van der Waals surface area (Å²) in [7, 11) is -3.10. The molecule has 1 aliphatic rings. The molecule has 0 aromatic heterocycles. The molecule has 1 fully saturated rings. The van der Waals surface area contributed by atoms with Gasteiger partial charge in [-0.05, 0) is 62.5 Å². The van der Waals surface area contributed by atoms with Gasteiger partial charge in [0.2, 0.25) is 0 Å². The number of sulfone groups is 1. The van der Waals surface area contributed by atoms with Crippen LogP contribution in [-0.4, -0.2) is 33.8 Å². The summed E-state index contributed by atoms with van der Waals surface area (Å²) in [4.78, 5) is 0.423. The second-order valence-electron chi connectivity index (χ2n) is 5.42. The fourth-order valence-electron chi connectivity index (χ4n) is 2.51. The molecule has 1 aromatic rings. The molecule has 0 spiro atoms. The zero-order valence-corrected chi connectivity index (χ0v) is 12.9. The molecule has 2 N–H and O–H groups in total. The molecule has 0 saturated carbocycles. The first-order valence-electron chi connectivity index (χ1n) is 7.39. The minimum atomic E-state index is -3.10. The number of piperidine rings is 1. The Morgan fingerprint density at radius 3 is 2.45 bits per heavy atom. The second-order valence-corrected chi connectivity index (χ2v) is 7.53. The maximum atomic E-state index is 11.9. The predicted molar refractivity (Wildman–Crippen MR) is 82.9 cm³/mol. The third kappa shape index (κ3) is 4.21. The highest BCUT2D eigenvalue weighted by Crippen LogP contribution is 2.18. The van der Waals surface area contributed by atoms with Crippen LogP contribution in [0.25, 0.3) is 0 Å². The number of benzene rings is 1. The summed E-state index contributed by atoms with van der Waals surface area (Å²) in [6.45, 7) is 5.04. The standard InChI is InChI=1S/C15H24N2O2S/c1-2-11-20(18,19)15-5-3-14(4-6-15)17-12-13-7-9-16-10-8-13/h3-6,13,16-17H,2,7-12H2,1H3. The van der Waals surface area contributed by atoms with Crippen molar-refractivity contribution in [2.24, 2.45) is 5.92 Å². The van der Waals surface area contributed by atoms with Crippen LogP contribution in [0.3, 0.4) is 0 Å². The third-order valence-electron chi connectivity index (χ3n) is 3.74. The highest BCUT2D eigenvalue weighted by atomic mass is 32.2. The summed E-state index contributed by atoms with van der Waals surface area (Å²) < 4.78 is 23.8. The SMILES string of the molecule is CCCS(=O)(=O)c1ccc(NCC2CCNCC2)cc1. The van der Waals surface area contributed by atoms with Gasteiger partial charge in [0.05, 0.1) is 10.6 Å². The minimum absolute atomic E-state index is 0.217. The molecule has 1 heterocycles. The lowest BCUT2D eigenvalue weighted by molar-refractivity contribution is 0.390. The van der Waals surface area contributed by atoms with Crippen LogP contribution in [0.15, 0.2) is 29.2 Å². The van der Waals surface area contributed by atoms with E-state index < -0.39 is 9.84 Å². The van der Waals surface area contributed by atoms with Gasteiger partial charge in [0, 0.05) is 12.2 Å². The monoisotopic (exact) mass is 296 g/mol. The third-order valence-corrected chi connectivity index (χ3v) is 5.68. The molecule has 112 valence electrons. The molecule has 1 aromatic carbocycles. The number of rotatable bonds is 6. The lowest BCUT2D eigenvalue weighted by atomic mass is 9.98. The molecule has 0 radical (unpaired) electrons. The fraction of sp³-hybridized carbons (Fsp3) is 0.600. The van der Waals surface area contributed by atoms with Gasteiger partial charge in [-0.2, -0.15) is 0 Å². The van der Waals surface area contributed by atoms with Crippen LogP contribution in [0.2, 0.25) is 0 Å². The van der Waals surface area contributed by atoms with Gasteiger partial charge in [-0.25, -0.2) is 8.42 Å². The number of anilines is 1. The Kier molecular flexibility index (Phi) is 5.43. The van der Waals surface area contributed by atoms with E-state index >= 15 is 0 Å². The molecule has 5 heteroatoms. The van der Waals surface area contributed by atoms with E-state index in [1.807, 2.05) is 19.1 Å². The fourth-order valence-corrected chi connectivity index (χ4v) is 3.84. The van der Waals surface area contributed by atoms with E-state index in [0.29, 0.717) is 17.2 Å². The van der Waals surface area contributed by atoms with Crippen molar-refractivity contribution in [3.8, 4) is 0 Å². The molecule has 2 rings (SSSR count). The van der Waals surface area contributed by atoms with E-state index in [1.165, 1.54) is 12.8 Å². The van der Waals surface area contributed by atoms with E-state index in [-0.39, 0.29) is 5.75 Å². The molecule has 0 aliphatic carbocycles. The van der Waals surface area contributed by atoms with Crippen LogP contribution < -0.4 is 10.6 Å². The van der Waals surface area contributed by atoms with Crippen molar-refractivity contribution in [2.75, 3.05) is 30.7 Å². The molecular weight excluding hydrogens is 272 g/mol. The van der Waals surface area contributed by atoms with E-state index in [0.717, 1.165) is 25.3 Å². The van der Waals surface area contributed by atoms with Crippen LogP contribution in [0, 0.1) is 5.92 Å². The van der Waals surface area contributed by atoms with Gasteiger partial charge >= 0.3 is 0 Å². The zero-order valence-electron chi connectivity index (χ0n) is 12.1. The van der Waals surface area contributed by atoms with Crippen LogP contribution in [0.4, 0.5) is 5.69 Å². The Balaban J connectivity index is 1.91. The molecule has 4 nitrogen and oxygen atoms in total. The Bertz CT molecular complexity index is 505. The second kappa shape index (κ2) is 7.09. The minimum Gasteiger partial charge on any atom is -0.385 e. The first kappa shape index (κ1) is 15.3. The summed E-state index contributed by atoms with van der Waals surface area (Å²) in [5.74, 6) is 0.925. The first-order chi connectivity index (χ1) is 9.62. The number of hydrogen-bond acceptors (Lipinski definition) is 4. The zero-order chi connectivity index (χ0) is 14.4. The average Bonchev–Trinajstić information content (AvgIpc) is 2.47. The van der Waals surface area contributed by atoms with Gasteiger partial charge in [-0.1, -0.05) is 6.92 Å². The van der Waals surface area contributed by atoms with Gasteiger partial charge in [0.1, 0.15) is 0 Å². The van der Waals surface area contributed by atoms with Gasteiger partial charge < -0.3 is 10.6 Å². The van der Waals surface area contributed by atoms with Crippen LogP contribution in [0.1, 0.15) is 26.2 Å². The summed E-state index contributed by atoms with van der Waals surface area (Å²) in [6.07, 6.45) is 3.06. The van der Waals surface area contributed by atoms with Gasteiger partial charge in [0.15, 0.2) is 9.84 Å². The van der Waals surface area contributed by atoms with Crippen molar-refractivity contribution >= 4 is 15.5 Å². The molecule has 1 aliphatic heterocycles. The Hall–Kier alpha value is -1.07. The van der Waals surface area contributed by atoms with Crippen molar-refractivity contribution in [1.29, 1.82) is 0 Å². The number of hydrogen-bond donors (Lipinski definition) is 2. The number of nitrogens with one attached hydrogen (secondary N) is 2. The molecule has 0 amide bonds.